The standard InChI is InChI=1S/C12H19N3O3/c13-8-12(3-1-2-4-12)14-11(18)7-15-5-9(16)10(17)6-15/h9-10,16-17H,1-7H2,(H,14,18). The fraction of sp³-hybridized carbons (Fsp3) is 0.833. The fourth-order valence-electron chi connectivity index (χ4n) is 2.73. The zero-order valence-electron chi connectivity index (χ0n) is 10.3. The summed E-state index contributed by atoms with van der Waals surface area (Å²) < 4.78 is 0. The van der Waals surface area contributed by atoms with Gasteiger partial charge >= 0.3 is 0 Å². The molecular weight excluding hydrogens is 234 g/mol. The maximum atomic E-state index is 11.9. The van der Waals surface area contributed by atoms with Crippen molar-refractivity contribution in [1.29, 1.82) is 5.26 Å². The van der Waals surface area contributed by atoms with Crippen molar-refractivity contribution in [1.82, 2.24) is 10.2 Å². The molecule has 2 rings (SSSR count). The quantitative estimate of drug-likeness (QED) is 0.598. The Bertz CT molecular complexity index is 350. The van der Waals surface area contributed by atoms with Gasteiger partial charge in [-0.05, 0) is 25.7 Å². The van der Waals surface area contributed by atoms with E-state index in [4.69, 9.17) is 5.26 Å². The summed E-state index contributed by atoms with van der Waals surface area (Å²) in [6.45, 7) is 0.722. The molecule has 0 radical (unpaired) electrons. The normalized spacial score (nSPS) is 31.2. The summed E-state index contributed by atoms with van der Waals surface area (Å²) in [6, 6.07) is 2.20. The lowest BCUT2D eigenvalue weighted by atomic mass is 10.00. The van der Waals surface area contributed by atoms with Crippen molar-refractivity contribution in [2.75, 3.05) is 19.6 Å². The summed E-state index contributed by atoms with van der Waals surface area (Å²) >= 11 is 0. The van der Waals surface area contributed by atoms with Crippen LogP contribution in [0.2, 0.25) is 0 Å². The molecule has 18 heavy (non-hydrogen) atoms. The van der Waals surface area contributed by atoms with Crippen molar-refractivity contribution in [3.05, 3.63) is 0 Å². The highest BCUT2D eigenvalue weighted by Gasteiger charge is 2.36. The molecule has 0 aromatic carbocycles. The van der Waals surface area contributed by atoms with Crippen LogP contribution in [0.4, 0.5) is 0 Å². The van der Waals surface area contributed by atoms with Crippen LogP contribution in [0.15, 0.2) is 0 Å². The molecule has 1 saturated carbocycles. The molecule has 0 aromatic rings. The number of hydrogen-bond donors (Lipinski definition) is 3. The van der Waals surface area contributed by atoms with Crippen LogP contribution in [0.25, 0.3) is 0 Å². The molecular formula is C12H19N3O3. The lowest BCUT2D eigenvalue weighted by molar-refractivity contribution is -0.123. The zero-order valence-corrected chi connectivity index (χ0v) is 10.3. The van der Waals surface area contributed by atoms with Gasteiger partial charge in [-0.3, -0.25) is 9.69 Å². The first kappa shape index (κ1) is 13.3. The molecule has 1 amide bonds. The third-order valence-corrected chi connectivity index (χ3v) is 3.75. The van der Waals surface area contributed by atoms with Gasteiger partial charge in [-0.1, -0.05) is 0 Å². The van der Waals surface area contributed by atoms with Gasteiger partial charge in [-0.2, -0.15) is 5.26 Å². The van der Waals surface area contributed by atoms with Crippen LogP contribution in [-0.2, 0) is 4.79 Å². The van der Waals surface area contributed by atoms with Crippen molar-refractivity contribution in [3.63, 3.8) is 0 Å². The molecule has 1 aliphatic carbocycles. The van der Waals surface area contributed by atoms with Crippen LogP contribution < -0.4 is 5.32 Å². The Balaban J connectivity index is 1.84. The molecule has 1 aliphatic heterocycles. The van der Waals surface area contributed by atoms with E-state index in [0.717, 1.165) is 12.8 Å². The van der Waals surface area contributed by atoms with Crippen molar-refractivity contribution in [2.45, 2.75) is 43.4 Å². The van der Waals surface area contributed by atoms with Gasteiger partial charge in [0, 0.05) is 13.1 Å². The number of β-amino-alcohol motifs (C(OH)–C–C–N with tert-alkyl or cyclic N) is 2. The Hall–Kier alpha value is -1.16. The van der Waals surface area contributed by atoms with Gasteiger partial charge in [0.25, 0.3) is 0 Å². The van der Waals surface area contributed by atoms with Crippen LogP contribution >= 0.6 is 0 Å². The lowest BCUT2D eigenvalue weighted by Crippen LogP contribution is -2.48. The number of aliphatic hydroxyl groups excluding tert-OH is 2. The Kier molecular flexibility index (Phi) is 3.85. The Morgan fingerprint density at radius 1 is 1.33 bits per heavy atom. The number of aliphatic hydroxyl groups is 2. The lowest BCUT2D eigenvalue weighted by Gasteiger charge is -2.23. The highest BCUT2D eigenvalue weighted by molar-refractivity contribution is 5.79. The summed E-state index contributed by atoms with van der Waals surface area (Å²) in [5.41, 5.74) is -0.700. The summed E-state index contributed by atoms with van der Waals surface area (Å²) in [6.07, 6.45) is 1.79. The van der Waals surface area contributed by atoms with E-state index < -0.39 is 17.7 Å². The summed E-state index contributed by atoms with van der Waals surface area (Å²) in [5.74, 6) is -0.209. The number of nitrogens with one attached hydrogen (secondary N) is 1. The topological polar surface area (TPSA) is 96.6 Å². The average molecular weight is 253 g/mol. The van der Waals surface area contributed by atoms with Crippen LogP contribution in [0.1, 0.15) is 25.7 Å². The Morgan fingerprint density at radius 3 is 2.39 bits per heavy atom. The molecule has 0 spiro atoms. The number of nitrogens with zero attached hydrogens (tertiary/aromatic N) is 2. The maximum Gasteiger partial charge on any atom is 0.235 e. The van der Waals surface area contributed by atoms with E-state index >= 15 is 0 Å². The molecule has 100 valence electrons. The minimum absolute atomic E-state index is 0.123. The molecule has 2 unspecified atom stereocenters. The van der Waals surface area contributed by atoms with E-state index in [2.05, 4.69) is 11.4 Å². The number of carbonyl (C=O) groups excluding carboxylic acids is 1. The average Bonchev–Trinajstić information content (AvgIpc) is 2.88. The summed E-state index contributed by atoms with van der Waals surface area (Å²) in [5, 5.41) is 30.7. The fourth-order valence-corrected chi connectivity index (χ4v) is 2.73. The number of carbonyl (C=O) groups is 1. The predicted octanol–water partition coefficient (Wildman–Crippen LogP) is -1.02. The summed E-state index contributed by atoms with van der Waals surface area (Å²) in [7, 11) is 0. The smallest absolute Gasteiger partial charge is 0.235 e. The first-order chi connectivity index (χ1) is 8.54. The van der Waals surface area contributed by atoms with E-state index in [9.17, 15) is 15.0 Å². The molecule has 0 bridgehead atoms. The predicted molar refractivity (Wildman–Crippen MR) is 63.4 cm³/mol. The first-order valence-corrected chi connectivity index (χ1v) is 6.35. The van der Waals surface area contributed by atoms with E-state index in [1.807, 2.05) is 0 Å². The number of likely N-dealkylation sites (tertiary alicyclic amines) is 1. The molecule has 1 heterocycles. The molecule has 2 fully saturated rings. The minimum atomic E-state index is -0.783. The van der Waals surface area contributed by atoms with E-state index in [-0.39, 0.29) is 12.5 Å². The monoisotopic (exact) mass is 253 g/mol. The van der Waals surface area contributed by atoms with E-state index in [1.54, 1.807) is 4.90 Å². The highest BCUT2D eigenvalue weighted by Crippen LogP contribution is 2.28. The third kappa shape index (κ3) is 2.80. The second-order valence-corrected chi connectivity index (χ2v) is 5.28. The Morgan fingerprint density at radius 2 is 1.89 bits per heavy atom. The number of rotatable bonds is 3. The van der Waals surface area contributed by atoms with Crippen LogP contribution in [0, 0.1) is 11.3 Å². The molecule has 2 atom stereocenters. The van der Waals surface area contributed by atoms with Crippen molar-refractivity contribution in [2.24, 2.45) is 0 Å². The molecule has 1 saturated heterocycles. The third-order valence-electron chi connectivity index (χ3n) is 3.75. The second kappa shape index (κ2) is 5.22. The van der Waals surface area contributed by atoms with Gasteiger partial charge in [0.05, 0.1) is 24.8 Å². The van der Waals surface area contributed by atoms with Crippen LogP contribution in [0.3, 0.4) is 0 Å². The van der Waals surface area contributed by atoms with Gasteiger partial charge in [0.2, 0.25) is 5.91 Å². The van der Waals surface area contributed by atoms with Gasteiger partial charge in [-0.25, -0.2) is 0 Å². The van der Waals surface area contributed by atoms with Crippen molar-refractivity contribution < 1.29 is 15.0 Å². The molecule has 2 aliphatic rings. The van der Waals surface area contributed by atoms with Crippen molar-refractivity contribution >= 4 is 5.91 Å². The van der Waals surface area contributed by atoms with E-state index in [1.165, 1.54) is 0 Å². The minimum Gasteiger partial charge on any atom is -0.389 e. The molecule has 3 N–H and O–H groups in total. The van der Waals surface area contributed by atoms with Gasteiger partial charge in [0.15, 0.2) is 0 Å². The summed E-state index contributed by atoms with van der Waals surface area (Å²) in [4.78, 5) is 13.6. The zero-order chi connectivity index (χ0) is 13.2. The van der Waals surface area contributed by atoms with E-state index in [0.29, 0.717) is 25.9 Å². The number of amides is 1. The number of hydrogen-bond acceptors (Lipinski definition) is 5. The molecule has 6 nitrogen and oxygen atoms in total. The second-order valence-electron chi connectivity index (χ2n) is 5.28. The van der Waals surface area contributed by atoms with Gasteiger partial charge in [-0.15, -0.1) is 0 Å². The Labute approximate surface area is 106 Å². The number of nitriles is 1. The first-order valence-electron chi connectivity index (χ1n) is 6.35. The highest BCUT2D eigenvalue weighted by atomic mass is 16.3. The van der Waals surface area contributed by atoms with Gasteiger partial charge < -0.3 is 15.5 Å². The van der Waals surface area contributed by atoms with Crippen LogP contribution in [0.5, 0.6) is 0 Å². The molecule has 0 aromatic heterocycles. The van der Waals surface area contributed by atoms with Crippen LogP contribution in [-0.4, -0.2) is 58.4 Å². The SMILES string of the molecule is N#CC1(NC(=O)CN2CC(O)C(O)C2)CCCC1. The van der Waals surface area contributed by atoms with Crippen molar-refractivity contribution in [3.8, 4) is 6.07 Å². The molecule has 6 heteroatoms. The largest absolute Gasteiger partial charge is 0.389 e. The van der Waals surface area contributed by atoms with Gasteiger partial charge in [0.1, 0.15) is 5.54 Å². The maximum absolute atomic E-state index is 11.9.